The van der Waals surface area contributed by atoms with Crippen LogP contribution in [0.2, 0.25) is 5.02 Å². The Hall–Kier alpha value is -3.43. The van der Waals surface area contributed by atoms with Crippen LogP contribution in [0, 0.1) is 18.7 Å². The molecule has 3 rings (SSSR count). The van der Waals surface area contributed by atoms with Crippen LogP contribution in [-0.4, -0.2) is 44.3 Å². The van der Waals surface area contributed by atoms with Crippen molar-refractivity contribution in [3.05, 3.63) is 94.8 Å². The largest absolute Gasteiger partial charge is 0.354 e. The maximum atomic E-state index is 15.0. The minimum atomic E-state index is -4.36. The Balaban J connectivity index is 2.07. The summed E-state index contributed by atoms with van der Waals surface area (Å²) in [5, 5.41) is 3.27. The first kappa shape index (κ1) is 31.1. The average Bonchev–Trinajstić information content (AvgIpc) is 2.92. The molecule has 0 spiro atoms. The topological polar surface area (TPSA) is 86.8 Å². The second kappa shape index (κ2) is 13.8. The molecular formula is C30H35ClFN3O4S. The van der Waals surface area contributed by atoms with Crippen LogP contribution in [0.25, 0.3) is 0 Å². The van der Waals surface area contributed by atoms with E-state index in [9.17, 15) is 18.0 Å². The van der Waals surface area contributed by atoms with Gasteiger partial charge in [0.25, 0.3) is 10.0 Å². The molecule has 0 radical (unpaired) electrons. The van der Waals surface area contributed by atoms with Gasteiger partial charge in [-0.3, -0.25) is 13.9 Å². The van der Waals surface area contributed by atoms with Gasteiger partial charge in [0.15, 0.2) is 0 Å². The molecule has 0 fully saturated rings. The summed E-state index contributed by atoms with van der Waals surface area (Å²) in [5.74, 6) is -1.66. The maximum Gasteiger partial charge on any atom is 0.264 e. The molecular weight excluding hydrogens is 553 g/mol. The number of sulfonamides is 1. The fraction of sp³-hybridized carbons (Fsp3) is 0.333. The van der Waals surface area contributed by atoms with E-state index in [0.29, 0.717) is 17.1 Å². The number of hydrogen-bond donors (Lipinski definition) is 1. The van der Waals surface area contributed by atoms with Crippen LogP contribution < -0.4 is 9.62 Å². The van der Waals surface area contributed by atoms with Gasteiger partial charge in [-0.05, 0) is 55.2 Å². The van der Waals surface area contributed by atoms with Crippen LogP contribution in [0.15, 0.2) is 77.7 Å². The van der Waals surface area contributed by atoms with Gasteiger partial charge in [-0.25, -0.2) is 12.8 Å². The Bertz CT molecular complexity index is 1430. The summed E-state index contributed by atoms with van der Waals surface area (Å²) in [6, 6.07) is 17.5. The highest BCUT2D eigenvalue weighted by Gasteiger charge is 2.34. The van der Waals surface area contributed by atoms with Crippen molar-refractivity contribution < 1.29 is 22.4 Å². The van der Waals surface area contributed by atoms with E-state index in [0.717, 1.165) is 15.9 Å². The standard InChI is InChI=1S/C30H35ClFN3O4S/c1-5-27(30(37)33-18-21(2)3)34(19-23-10-6-7-11-25(23)31)29(36)20-35(28-13-9-8-12-26(28)32)40(38,39)24-16-14-22(4)15-17-24/h6-17,21,27H,5,18-20H2,1-4H3,(H,33,37)/t27-/m0/s1. The van der Waals surface area contributed by atoms with Crippen LogP contribution in [0.3, 0.4) is 0 Å². The van der Waals surface area contributed by atoms with Gasteiger partial charge < -0.3 is 10.2 Å². The molecule has 40 heavy (non-hydrogen) atoms. The van der Waals surface area contributed by atoms with E-state index in [4.69, 9.17) is 11.6 Å². The fourth-order valence-corrected chi connectivity index (χ4v) is 5.77. The summed E-state index contributed by atoms with van der Waals surface area (Å²) in [4.78, 5) is 28.5. The predicted molar refractivity (Wildman–Crippen MR) is 156 cm³/mol. The SMILES string of the molecule is CC[C@@H](C(=O)NCC(C)C)N(Cc1ccccc1Cl)C(=O)CN(c1ccccc1F)S(=O)(=O)c1ccc(C)cc1. The van der Waals surface area contributed by atoms with Crippen molar-refractivity contribution in [2.24, 2.45) is 5.92 Å². The first-order valence-electron chi connectivity index (χ1n) is 13.1. The zero-order valence-corrected chi connectivity index (χ0v) is 24.7. The fourth-order valence-electron chi connectivity index (χ4n) is 4.16. The van der Waals surface area contributed by atoms with Crippen LogP contribution in [0.4, 0.5) is 10.1 Å². The van der Waals surface area contributed by atoms with E-state index in [2.05, 4.69) is 5.32 Å². The monoisotopic (exact) mass is 587 g/mol. The van der Waals surface area contributed by atoms with Gasteiger partial charge in [0.1, 0.15) is 18.4 Å². The number of aryl methyl sites for hydroxylation is 1. The molecule has 3 aromatic carbocycles. The molecule has 7 nitrogen and oxygen atoms in total. The first-order valence-corrected chi connectivity index (χ1v) is 14.9. The zero-order chi connectivity index (χ0) is 29.4. The summed E-state index contributed by atoms with van der Waals surface area (Å²) in [5.41, 5.74) is 1.16. The molecule has 0 saturated heterocycles. The lowest BCUT2D eigenvalue weighted by Gasteiger charge is -2.33. The number of amides is 2. The predicted octanol–water partition coefficient (Wildman–Crippen LogP) is 5.56. The van der Waals surface area contributed by atoms with Crippen molar-refractivity contribution in [1.29, 1.82) is 0 Å². The molecule has 0 saturated carbocycles. The Morgan fingerprint density at radius 1 is 0.975 bits per heavy atom. The average molecular weight is 588 g/mol. The second-order valence-electron chi connectivity index (χ2n) is 9.95. The highest BCUT2D eigenvalue weighted by molar-refractivity contribution is 7.92. The third kappa shape index (κ3) is 7.61. The molecule has 0 unspecified atom stereocenters. The van der Waals surface area contributed by atoms with Crippen LogP contribution >= 0.6 is 11.6 Å². The number of carbonyl (C=O) groups excluding carboxylic acids is 2. The lowest BCUT2D eigenvalue weighted by Crippen LogP contribution is -2.52. The van der Waals surface area contributed by atoms with Gasteiger partial charge in [0.05, 0.1) is 10.6 Å². The van der Waals surface area contributed by atoms with Gasteiger partial charge in [-0.1, -0.05) is 80.4 Å². The van der Waals surface area contributed by atoms with Gasteiger partial charge in [0.2, 0.25) is 11.8 Å². The van der Waals surface area contributed by atoms with E-state index in [1.165, 1.54) is 35.2 Å². The summed E-state index contributed by atoms with van der Waals surface area (Å²) in [7, 11) is -4.36. The number of benzene rings is 3. The molecule has 0 aromatic heterocycles. The van der Waals surface area contributed by atoms with Crippen molar-refractivity contribution in [3.63, 3.8) is 0 Å². The van der Waals surface area contributed by atoms with Crippen molar-refractivity contribution in [2.75, 3.05) is 17.4 Å². The zero-order valence-electron chi connectivity index (χ0n) is 23.1. The lowest BCUT2D eigenvalue weighted by molar-refractivity contribution is -0.140. The number of nitrogens with zero attached hydrogens (tertiary/aromatic N) is 2. The van der Waals surface area contributed by atoms with Crippen LogP contribution in [-0.2, 0) is 26.2 Å². The lowest BCUT2D eigenvalue weighted by atomic mass is 10.1. The smallest absolute Gasteiger partial charge is 0.264 e. The van der Waals surface area contributed by atoms with Crippen molar-refractivity contribution in [2.45, 2.75) is 51.6 Å². The summed E-state index contributed by atoms with van der Waals surface area (Å²) in [6.07, 6.45) is 0.268. The Labute approximate surface area is 241 Å². The van der Waals surface area contributed by atoms with Crippen molar-refractivity contribution in [1.82, 2.24) is 10.2 Å². The first-order chi connectivity index (χ1) is 18.9. The highest BCUT2D eigenvalue weighted by Crippen LogP contribution is 2.28. The summed E-state index contributed by atoms with van der Waals surface area (Å²) in [6.45, 7) is 7.14. The molecule has 10 heteroatoms. The Morgan fingerprint density at radius 2 is 1.60 bits per heavy atom. The Morgan fingerprint density at radius 3 is 2.20 bits per heavy atom. The summed E-state index contributed by atoms with van der Waals surface area (Å²) < 4.78 is 43.4. The van der Waals surface area contributed by atoms with Gasteiger partial charge in [-0.15, -0.1) is 0 Å². The quantitative estimate of drug-likeness (QED) is 0.300. The van der Waals surface area contributed by atoms with E-state index >= 15 is 4.39 Å². The number of para-hydroxylation sites is 1. The normalized spacial score (nSPS) is 12.2. The number of rotatable bonds is 12. The van der Waals surface area contributed by atoms with Crippen molar-refractivity contribution >= 4 is 39.1 Å². The van der Waals surface area contributed by atoms with Gasteiger partial charge >= 0.3 is 0 Å². The third-order valence-corrected chi connectivity index (χ3v) is 8.52. The molecule has 2 amide bonds. The molecule has 0 bridgehead atoms. The van der Waals surface area contributed by atoms with Crippen molar-refractivity contribution in [3.8, 4) is 0 Å². The summed E-state index contributed by atoms with van der Waals surface area (Å²) >= 11 is 6.40. The Kier molecular flexibility index (Phi) is 10.7. The van der Waals surface area contributed by atoms with Gasteiger partial charge in [-0.2, -0.15) is 0 Å². The minimum Gasteiger partial charge on any atom is -0.354 e. The third-order valence-electron chi connectivity index (χ3n) is 6.38. The maximum absolute atomic E-state index is 15.0. The number of hydrogen-bond acceptors (Lipinski definition) is 4. The molecule has 0 heterocycles. The number of carbonyl (C=O) groups is 2. The highest BCUT2D eigenvalue weighted by atomic mass is 35.5. The van der Waals surface area contributed by atoms with E-state index in [1.54, 1.807) is 43.3 Å². The molecule has 0 aliphatic carbocycles. The second-order valence-corrected chi connectivity index (χ2v) is 12.2. The number of anilines is 1. The van der Waals surface area contributed by atoms with Gasteiger partial charge in [0, 0.05) is 18.1 Å². The van der Waals surface area contributed by atoms with Crippen LogP contribution in [0.1, 0.15) is 38.3 Å². The molecule has 3 aromatic rings. The van der Waals surface area contributed by atoms with E-state index in [-0.39, 0.29) is 35.4 Å². The van der Waals surface area contributed by atoms with E-state index < -0.39 is 34.3 Å². The molecule has 1 N–H and O–H groups in total. The minimum absolute atomic E-state index is 0.0399. The molecule has 1 atom stereocenters. The number of nitrogens with one attached hydrogen (secondary N) is 1. The van der Waals surface area contributed by atoms with Crippen LogP contribution in [0.5, 0.6) is 0 Å². The molecule has 214 valence electrons. The molecule has 0 aliphatic rings. The van der Waals surface area contributed by atoms with E-state index in [1.807, 2.05) is 20.8 Å². The molecule has 0 aliphatic heterocycles. The number of halogens is 2.